The second-order valence-corrected chi connectivity index (χ2v) is 6.53. The molecule has 1 aromatic carbocycles. The molecule has 1 N–H and O–H groups in total. The highest BCUT2D eigenvalue weighted by Crippen LogP contribution is 2.63. The molecule has 1 aliphatic carbocycles. The lowest BCUT2D eigenvalue weighted by molar-refractivity contribution is -0.125. The van der Waals surface area contributed by atoms with Crippen molar-refractivity contribution in [1.29, 1.82) is 0 Å². The molecule has 2 atom stereocenters. The van der Waals surface area contributed by atoms with Crippen LogP contribution in [0.4, 0.5) is 5.69 Å². The molecule has 5 heteroatoms. The highest BCUT2D eigenvalue weighted by molar-refractivity contribution is 6.26. The summed E-state index contributed by atoms with van der Waals surface area (Å²) in [6.07, 6.45) is 0. The zero-order valence-corrected chi connectivity index (χ0v) is 12.4. The van der Waals surface area contributed by atoms with E-state index in [-0.39, 0.29) is 34.6 Å². The first-order valence-corrected chi connectivity index (χ1v) is 6.90. The molecule has 0 spiro atoms. The average Bonchev–Trinajstić information content (AvgIpc) is 2.83. The van der Waals surface area contributed by atoms with E-state index in [1.165, 1.54) is 6.07 Å². The van der Waals surface area contributed by atoms with E-state index >= 15 is 0 Å². The summed E-state index contributed by atoms with van der Waals surface area (Å²) in [6, 6.07) is 3.12. The number of carbonyl (C=O) groups is 3. The minimum atomic E-state index is -1.05. The predicted molar refractivity (Wildman–Crippen MR) is 76.1 cm³/mol. The maximum Gasteiger partial charge on any atom is 0.336 e. The number of aryl methyl sites for hydroxylation is 1. The van der Waals surface area contributed by atoms with Crippen LogP contribution in [0.1, 0.15) is 35.3 Å². The number of benzene rings is 1. The molecule has 1 aliphatic heterocycles. The number of carboxylic acid groups (broad SMARTS) is 1. The van der Waals surface area contributed by atoms with Gasteiger partial charge in [0.25, 0.3) is 0 Å². The molecule has 1 saturated heterocycles. The summed E-state index contributed by atoms with van der Waals surface area (Å²) in [5.41, 5.74) is 1.64. The van der Waals surface area contributed by atoms with Gasteiger partial charge in [0, 0.05) is 0 Å². The average molecular weight is 287 g/mol. The minimum absolute atomic E-state index is 0.130. The van der Waals surface area contributed by atoms with Gasteiger partial charge < -0.3 is 5.11 Å². The number of piperidine rings is 1. The van der Waals surface area contributed by atoms with Gasteiger partial charge in [-0.2, -0.15) is 0 Å². The van der Waals surface area contributed by atoms with Crippen LogP contribution in [0.5, 0.6) is 0 Å². The van der Waals surface area contributed by atoms with Gasteiger partial charge in [-0.15, -0.1) is 0 Å². The Morgan fingerprint density at radius 3 is 2.14 bits per heavy atom. The van der Waals surface area contributed by atoms with Gasteiger partial charge in [0.1, 0.15) is 0 Å². The van der Waals surface area contributed by atoms with Crippen molar-refractivity contribution in [3.8, 4) is 0 Å². The summed E-state index contributed by atoms with van der Waals surface area (Å²) in [6.45, 7) is 7.33. The number of carboxylic acids is 1. The van der Waals surface area contributed by atoms with Gasteiger partial charge in [-0.05, 0) is 42.5 Å². The van der Waals surface area contributed by atoms with Crippen LogP contribution < -0.4 is 4.90 Å². The number of fused-ring (bicyclic) bond motifs is 1. The molecule has 0 bridgehead atoms. The lowest BCUT2D eigenvalue weighted by Gasteiger charge is -2.22. The summed E-state index contributed by atoms with van der Waals surface area (Å²) >= 11 is 0. The summed E-state index contributed by atoms with van der Waals surface area (Å²) in [7, 11) is 0. The Kier molecular flexibility index (Phi) is 2.58. The van der Waals surface area contributed by atoms with Crippen LogP contribution in [0.3, 0.4) is 0 Å². The van der Waals surface area contributed by atoms with Crippen molar-refractivity contribution in [3.63, 3.8) is 0 Å². The SMILES string of the molecule is Cc1cc(N2C(=O)C3C(C2=O)C3(C)C)cc(C(=O)O)c1C. The number of anilines is 1. The Bertz CT molecular complexity index is 680. The van der Waals surface area contributed by atoms with E-state index in [2.05, 4.69) is 0 Å². The first kappa shape index (κ1) is 13.8. The van der Waals surface area contributed by atoms with E-state index < -0.39 is 5.97 Å². The smallest absolute Gasteiger partial charge is 0.336 e. The van der Waals surface area contributed by atoms with E-state index in [4.69, 9.17) is 0 Å². The molecule has 21 heavy (non-hydrogen) atoms. The Hall–Kier alpha value is -2.17. The number of carbonyl (C=O) groups excluding carboxylic acids is 2. The van der Waals surface area contributed by atoms with Crippen LogP contribution in [-0.2, 0) is 9.59 Å². The molecule has 2 aliphatic rings. The Morgan fingerprint density at radius 2 is 1.67 bits per heavy atom. The van der Waals surface area contributed by atoms with Crippen LogP contribution in [0, 0.1) is 31.1 Å². The molecular formula is C16H17NO4. The third kappa shape index (κ3) is 1.66. The van der Waals surface area contributed by atoms with Gasteiger partial charge in [0.2, 0.25) is 11.8 Å². The maximum atomic E-state index is 12.4. The molecule has 1 saturated carbocycles. The van der Waals surface area contributed by atoms with Crippen molar-refractivity contribution in [2.45, 2.75) is 27.7 Å². The number of imide groups is 1. The molecular weight excluding hydrogens is 270 g/mol. The summed E-state index contributed by atoms with van der Waals surface area (Å²) in [5, 5.41) is 9.24. The number of hydrogen-bond acceptors (Lipinski definition) is 3. The number of aromatic carboxylic acids is 1. The molecule has 2 amide bonds. The molecule has 1 aromatic rings. The summed E-state index contributed by atoms with van der Waals surface area (Å²) < 4.78 is 0. The second-order valence-electron chi connectivity index (χ2n) is 6.53. The van der Waals surface area contributed by atoms with Gasteiger partial charge in [0.15, 0.2) is 0 Å². The summed E-state index contributed by atoms with van der Waals surface area (Å²) in [5.74, 6) is -2.01. The molecule has 2 unspecified atom stereocenters. The van der Waals surface area contributed by atoms with Gasteiger partial charge in [-0.3, -0.25) is 9.59 Å². The zero-order chi connectivity index (χ0) is 15.7. The first-order chi connectivity index (χ1) is 9.67. The van der Waals surface area contributed by atoms with Crippen LogP contribution >= 0.6 is 0 Å². The quantitative estimate of drug-likeness (QED) is 0.846. The molecule has 2 fully saturated rings. The van der Waals surface area contributed by atoms with Crippen molar-refractivity contribution in [3.05, 3.63) is 28.8 Å². The third-order valence-corrected chi connectivity index (χ3v) is 4.94. The molecule has 3 rings (SSSR count). The number of amides is 2. The second kappa shape index (κ2) is 3.93. The van der Waals surface area contributed by atoms with Crippen molar-refractivity contribution in [1.82, 2.24) is 0 Å². The van der Waals surface area contributed by atoms with Crippen LogP contribution in [0.25, 0.3) is 0 Å². The minimum Gasteiger partial charge on any atom is -0.478 e. The molecule has 5 nitrogen and oxygen atoms in total. The van der Waals surface area contributed by atoms with Crippen molar-refractivity contribution in [2.24, 2.45) is 17.3 Å². The summed E-state index contributed by atoms with van der Waals surface area (Å²) in [4.78, 5) is 37.3. The highest BCUT2D eigenvalue weighted by atomic mass is 16.4. The van der Waals surface area contributed by atoms with Crippen LogP contribution in [0.2, 0.25) is 0 Å². The van der Waals surface area contributed by atoms with E-state index in [0.717, 1.165) is 10.5 Å². The monoisotopic (exact) mass is 287 g/mol. The fourth-order valence-electron chi connectivity index (χ4n) is 3.39. The fourth-order valence-corrected chi connectivity index (χ4v) is 3.39. The lowest BCUT2D eigenvalue weighted by atomic mass is 10.0. The number of hydrogen-bond donors (Lipinski definition) is 1. The predicted octanol–water partition coefficient (Wildman–Crippen LogP) is 2.15. The van der Waals surface area contributed by atoms with E-state index in [9.17, 15) is 19.5 Å². The van der Waals surface area contributed by atoms with Crippen LogP contribution in [-0.4, -0.2) is 22.9 Å². The molecule has 1 heterocycles. The van der Waals surface area contributed by atoms with Gasteiger partial charge >= 0.3 is 5.97 Å². The topological polar surface area (TPSA) is 74.7 Å². The van der Waals surface area contributed by atoms with Crippen molar-refractivity contribution in [2.75, 3.05) is 4.90 Å². The van der Waals surface area contributed by atoms with E-state index in [0.29, 0.717) is 11.3 Å². The highest BCUT2D eigenvalue weighted by Gasteiger charge is 2.72. The van der Waals surface area contributed by atoms with Crippen LogP contribution in [0.15, 0.2) is 12.1 Å². The van der Waals surface area contributed by atoms with E-state index in [1.54, 1.807) is 19.9 Å². The molecule has 110 valence electrons. The first-order valence-electron chi connectivity index (χ1n) is 6.90. The molecule has 0 radical (unpaired) electrons. The third-order valence-electron chi connectivity index (χ3n) is 4.94. The van der Waals surface area contributed by atoms with Gasteiger partial charge in [-0.1, -0.05) is 13.8 Å². The standard InChI is InChI=1S/C16H17NO4/c1-7-5-9(6-10(8(7)2)15(20)21)17-13(18)11-12(14(17)19)16(11,3)4/h5-6,11-12H,1-4H3,(H,20,21). The zero-order valence-electron chi connectivity index (χ0n) is 12.4. The lowest BCUT2D eigenvalue weighted by Crippen LogP contribution is -2.36. The Labute approximate surface area is 122 Å². The van der Waals surface area contributed by atoms with E-state index in [1.807, 2.05) is 13.8 Å². The Balaban J connectivity index is 2.06. The van der Waals surface area contributed by atoms with Gasteiger partial charge in [-0.25, -0.2) is 9.69 Å². The van der Waals surface area contributed by atoms with Crippen molar-refractivity contribution >= 4 is 23.5 Å². The largest absolute Gasteiger partial charge is 0.478 e. The van der Waals surface area contributed by atoms with Crippen molar-refractivity contribution < 1.29 is 19.5 Å². The Morgan fingerprint density at radius 1 is 1.14 bits per heavy atom. The number of rotatable bonds is 2. The molecule has 0 aromatic heterocycles. The number of nitrogens with zero attached hydrogens (tertiary/aromatic N) is 1. The fraction of sp³-hybridized carbons (Fsp3) is 0.438. The normalized spacial score (nSPS) is 26.0. The maximum absolute atomic E-state index is 12.4. The van der Waals surface area contributed by atoms with Gasteiger partial charge in [0.05, 0.1) is 23.1 Å².